The van der Waals surface area contributed by atoms with E-state index >= 15 is 0 Å². The highest BCUT2D eigenvalue weighted by Crippen LogP contribution is 2.28. The van der Waals surface area contributed by atoms with E-state index in [-0.39, 0.29) is 11.7 Å². The molecule has 1 amide bonds. The number of anilines is 1. The Bertz CT molecular complexity index is 437. The minimum atomic E-state index is 0.0890. The molecule has 0 atom stereocenters. The van der Waals surface area contributed by atoms with Crippen LogP contribution in [0.2, 0.25) is 0 Å². The Balaban J connectivity index is 2.42. The lowest BCUT2D eigenvalue weighted by molar-refractivity contribution is -0.117. The van der Waals surface area contributed by atoms with Crippen molar-refractivity contribution in [1.29, 1.82) is 0 Å². The molecule has 78 valence electrons. The average Bonchev–Trinajstić information content (AvgIpc) is 2.53. The van der Waals surface area contributed by atoms with Crippen LogP contribution < -0.4 is 4.90 Å². The molecule has 1 aromatic rings. The van der Waals surface area contributed by atoms with E-state index in [0.717, 1.165) is 11.3 Å². The summed E-state index contributed by atoms with van der Waals surface area (Å²) < 4.78 is 0. The number of fused-ring (bicyclic) bond motifs is 1. The van der Waals surface area contributed by atoms with Crippen molar-refractivity contribution in [3.8, 4) is 0 Å². The van der Waals surface area contributed by atoms with Crippen molar-refractivity contribution >= 4 is 17.4 Å². The van der Waals surface area contributed by atoms with E-state index in [1.807, 2.05) is 19.1 Å². The summed E-state index contributed by atoms with van der Waals surface area (Å²) in [4.78, 5) is 24.5. The van der Waals surface area contributed by atoms with Gasteiger partial charge < -0.3 is 4.90 Å². The minimum Gasteiger partial charge on any atom is -0.315 e. The summed E-state index contributed by atoms with van der Waals surface area (Å²) in [5.74, 6) is 0.214. The molecule has 1 aliphatic rings. The number of benzene rings is 1. The van der Waals surface area contributed by atoms with Gasteiger partial charge in [0.25, 0.3) is 0 Å². The van der Waals surface area contributed by atoms with Crippen LogP contribution in [0.3, 0.4) is 0 Å². The molecule has 1 aliphatic heterocycles. The van der Waals surface area contributed by atoms with Gasteiger partial charge in [0.1, 0.15) is 0 Å². The molecule has 0 saturated carbocycles. The first-order chi connectivity index (χ1) is 7.13. The lowest BCUT2D eigenvalue weighted by Gasteiger charge is -2.09. The second-order valence-electron chi connectivity index (χ2n) is 3.75. The Morgan fingerprint density at radius 3 is 2.87 bits per heavy atom. The van der Waals surface area contributed by atoms with Gasteiger partial charge in [0.05, 0.1) is 6.42 Å². The monoisotopic (exact) mass is 203 g/mol. The van der Waals surface area contributed by atoms with E-state index in [0.29, 0.717) is 18.4 Å². The first-order valence-corrected chi connectivity index (χ1v) is 5.06. The first-order valence-electron chi connectivity index (χ1n) is 5.06. The normalized spacial score (nSPS) is 14.3. The van der Waals surface area contributed by atoms with Crippen LogP contribution in [0, 0.1) is 0 Å². The number of carbonyl (C=O) groups is 2. The average molecular weight is 203 g/mol. The fraction of sp³-hybridized carbons (Fsp3) is 0.333. The highest BCUT2D eigenvalue weighted by Gasteiger charge is 2.24. The molecule has 2 rings (SSSR count). The number of nitrogens with zero attached hydrogens (tertiary/aromatic N) is 1. The molecule has 0 bridgehead atoms. The van der Waals surface area contributed by atoms with Gasteiger partial charge in [0.2, 0.25) is 5.91 Å². The molecule has 0 radical (unpaired) electrons. The van der Waals surface area contributed by atoms with Gasteiger partial charge in [-0.05, 0) is 23.8 Å². The van der Waals surface area contributed by atoms with E-state index in [9.17, 15) is 9.59 Å². The fourth-order valence-electron chi connectivity index (χ4n) is 1.85. The van der Waals surface area contributed by atoms with Crippen LogP contribution in [0.4, 0.5) is 5.69 Å². The van der Waals surface area contributed by atoms with Gasteiger partial charge in [-0.2, -0.15) is 0 Å². The van der Waals surface area contributed by atoms with E-state index < -0.39 is 0 Å². The number of Topliss-reactive ketones (excluding diaryl/α,β-unsaturated/α-hetero) is 1. The zero-order chi connectivity index (χ0) is 11.0. The molecular weight excluding hydrogens is 190 g/mol. The Morgan fingerprint density at radius 2 is 2.20 bits per heavy atom. The van der Waals surface area contributed by atoms with E-state index in [1.54, 1.807) is 18.0 Å². The quantitative estimate of drug-likeness (QED) is 0.687. The summed E-state index contributed by atoms with van der Waals surface area (Å²) in [5, 5.41) is 0. The molecule has 1 heterocycles. The lowest BCUT2D eigenvalue weighted by atomic mass is 10.0. The Labute approximate surface area is 88.7 Å². The molecule has 0 spiro atoms. The molecule has 0 aromatic heterocycles. The molecule has 1 aromatic carbocycles. The maximum atomic E-state index is 11.5. The third-order valence-electron chi connectivity index (χ3n) is 2.80. The SMILES string of the molecule is CCC(=O)c1ccc2c(c1)CC(=O)N2C. The fourth-order valence-corrected chi connectivity index (χ4v) is 1.85. The molecule has 3 heteroatoms. The number of amides is 1. The Morgan fingerprint density at radius 1 is 1.47 bits per heavy atom. The standard InChI is InChI=1S/C12H13NO2/c1-3-11(14)8-4-5-10-9(6-8)7-12(15)13(10)2/h4-6H,3,7H2,1-2H3. The molecule has 0 unspecified atom stereocenters. The van der Waals surface area contributed by atoms with Crippen molar-refractivity contribution in [2.24, 2.45) is 0 Å². The summed E-state index contributed by atoms with van der Waals surface area (Å²) in [6.07, 6.45) is 0.916. The van der Waals surface area contributed by atoms with Gasteiger partial charge in [0.15, 0.2) is 5.78 Å². The molecule has 15 heavy (non-hydrogen) atoms. The molecule has 0 aliphatic carbocycles. The van der Waals surface area contributed by atoms with Crippen LogP contribution in [0.5, 0.6) is 0 Å². The van der Waals surface area contributed by atoms with Gasteiger partial charge in [-0.15, -0.1) is 0 Å². The smallest absolute Gasteiger partial charge is 0.231 e. The van der Waals surface area contributed by atoms with Crippen LogP contribution in [-0.4, -0.2) is 18.7 Å². The summed E-state index contributed by atoms with van der Waals surface area (Å²) in [6.45, 7) is 1.84. The molecule has 3 nitrogen and oxygen atoms in total. The predicted molar refractivity (Wildman–Crippen MR) is 58.2 cm³/mol. The summed E-state index contributed by atoms with van der Waals surface area (Å²) >= 11 is 0. The topological polar surface area (TPSA) is 37.4 Å². The van der Waals surface area contributed by atoms with Crippen molar-refractivity contribution < 1.29 is 9.59 Å². The Kier molecular flexibility index (Phi) is 2.31. The maximum absolute atomic E-state index is 11.5. The lowest BCUT2D eigenvalue weighted by Crippen LogP contribution is -2.20. The van der Waals surface area contributed by atoms with Gasteiger partial charge in [-0.25, -0.2) is 0 Å². The van der Waals surface area contributed by atoms with E-state index in [1.165, 1.54) is 0 Å². The van der Waals surface area contributed by atoms with Crippen LogP contribution in [0.25, 0.3) is 0 Å². The van der Waals surface area contributed by atoms with Crippen LogP contribution in [0.15, 0.2) is 18.2 Å². The number of hydrogen-bond donors (Lipinski definition) is 0. The van der Waals surface area contributed by atoms with Crippen molar-refractivity contribution in [2.75, 3.05) is 11.9 Å². The number of hydrogen-bond acceptors (Lipinski definition) is 2. The van der Waals surface area contributed by atoms with E-state index in [4.69, 9.17) is 0 Å². The predicted octanol–water partition coefficient (Wildman–Crippen LogP) is 1.80. The third-order valence-corrected chi connectivity index (χ3v) is 2.80. The van der Waals surface area contributed by atoms with E-state index in [2.05, 4.69) is 0 Å². The third kappa shape index (κ3) is 1.54. The van der Waals surface area contributed by atoms with Crippen LogP contribution in [-0.2, 0) is 11.2 Å². The summed E-state index contributed by atoms with van der Waals surface area (Å²) in [6, 6.07) is 5.48. The number of ketones is 1. The van der Waals surface area contributed by atoms with Gasteiger partial charge in [0, 0.05) is 24.7 Å². The number of likely N-dealkylation sites (N-methyl/N-ethyl adjacent to an activating group) is 1. The number of carbonyl (C=O) groups excluding carboxylic acids is 2. The van der Waals surface area contributed by atoms with Gasteiger partial charge in [-0.1, -0.05) is 6.92 Å². The van der Waals surface area contributed by atoms with Gasteiger partial charge in [-0.3, -0.25) is 9.59 Å². The van der Waals surface area contributed by atoms with Crippen molar-refractivity contribution in [1.82, 2.24) is 0 Å². The highest BCUT2D eigenvalue weighted by atomic mass is 16.2. The molecule has 0 saturated heterocycles. The highest BCUT2D eigenvalue weighted by molar-refractivity contribution is 6.03. The van der Waals surface area contributed by atoms with Crippen LogP contribution in [0.1, 0.15) is 29.3 Å². The summed E-state index contributed by atoms with van der Waals surface area (Å²) in [5.41, 5.74) is 2.59. The molecule has 0 N–H and O–H groups in total. The van der Waals surface area contributed by atoms with Crippen molar-refractivity contribution in [2.45, 2.75) is 19.8 Å². The summed E-state index contributed by atoms with van der Waals surface area (Å²) in [7, 11) is 1.76. The van der Waals surface area contributed by atoms with Gasteiger partial charge >= 0.3 is 0 Å². The second kappa shape index (κ2) is 3.50. The first kappa shape index (κ1) is 9.90. The molecular formula is C12H13NO2. The number of rotatable bonds is 2. The largest absolute Gasteiger partial charge is 0.315 e. The van der Waals surface area contributed by atoms with Crippen molar-refractivity contribution in [3.05, 3.63) is 29.3 Å². The Hall–Kier alpha value is -1.64. The zero-order valence-corrected chi connectivity index (χ0v) is 8.91. The maximum Gasteiger partial charge on any atom is 0.231 e. The van der Waals surface area contributed by atoms with Crippen LogP contribution >= 0.6 is 0 Å². The van der Waals surface area contributed by atoms with Crippen molar-refractivity contribution in [3.63, 3.8) is 0 Å². The second-order valence-corrected chi connectivity index (χ2v) is 3.75. The minimum absolute atomic E-state index is 0.0890. The molecule has 0 fully saturated rings. The zero-order valence-electron chi connectivity index (χ0n) is 8.91.